The Bertz CT molecular complexity index is 130. The summed E-state index contributed by atoms with van der Waals surface area (Å²) in [4.78, 5) is 10.6. The van der Waals surface area contributed by atoms with E-state index in [-0.39, 0.29) is 5.91 Å². The van der Waals surface area contributed by atoms with Crippen LogP contribution in [0.3, 0.4) is 0 Å². The largest absolute Gasteiger partial charge is 0.277 e. The summed E-state index contributed by atoms with van der Waals surface area (Å²) in [7, 11) is 1.70. The molecule has 0 aromatic rings. The highest BCUT2D eigenvalue weighted by molar-refractivity contribution is 5.87. The average Bonchev–Trinajstić information content (AvgIpc) is 1.77. The minimum absolute atomic E-state index is 0.0104. The topological polar surface area (TPSA) is 32.3 Å². The fraction of sp³-hybridized carbons (Fsp3) is 0.400. The summed E-state index contributed by atoms with van der Waals surface area (Å²) in [5.74, 6) is 0.0104. The third kappa shape index (κ3) is 0.869. The van der Waals surface area contributed by atoms with Gasteiger partial charge in [-0.1, -0.05) is 6.08 Å². The van der Waals surface area contributed by atoms with E-state index in [2.05, 4.69) is 5.43 Å². The summed E-state index contributed by atoms with van der Waals surface area (Å²) in [6.45, 7) is 0.752. The zero-order chi connectivity index (χ0) is 5.98. The van der Waals surface area contributed by atoms with Crippen LogP contribution in [0.2, 0.25) is 0 Å². The summed E-state index contributed by atoms with van der Waals surface area (Å²) in [5.41, 5.74) is 2.83. The lowest BCUT2D eigenvalue weighted by molar-refractivity contribution is -0.127. The Hall–Kier alpha value is -0.830. The maximum absolute atomic E-state index is 10.6. The predicted molar refractivity (Wildman–Crippen MR) is 29.9 cm³/mol. The van der Waals surface area contributed by atoms with Gasteiger partial charge in [0.25, 0.3) is 5.91 Å². The van der Waals surface area contributed by atoms with E-state index in [4.69, 9.17) is 0 Å². The van der Waals surface area contributed by atoms with E-state index in [9.17, 15) is 4.79 Å². The van der Waals surface area contributed by atoms with Crippen LogP contribution in [0.25, 0.3) is 0 Å². The van der Waals surface area contributed by atoms with Gasteiger partial charge in [-0.3, -0.25) is 9.80 Å². The van der Waals surface area contributed by atoms with Gasteiger partial charge in [-0.2, -0.15) is 0 Å². The minimum Gasteiger partial charge on any atom is -0.277 e. The SMILES string of the molecule is CN1NCC=CC1=O. The van der Waals surface area contributed by atoms with Crippen molar-refractivity contribution >= 4 is 5.91 Å². The molecule has 0 saturated heterocycles. The lowest BCUT2D eigenvalue weighted by Crippen LogP contribution is -2.41. The van der Waals surface area contributed by atoms with Crippen LogP contribution < -0.4 is 5.43 Å². The maximum atomic E-state index is 10.6. The Labute approximate surface area is 47.9 Å². The number of carbonyl (C=O) groups is 1. The molecule has 44 valence electrons. The first-order chi connectivity index (χ1) is 3.80. The van der Waals surface area contributed by atoms with Crippen molar-refractivity contribution in [3.63, 3.8) is 0 Å². The van der Waals surface area contributed by atoms with E-state index in [0.29, 0.717) is 0 Å². The molecule has 1 aliphatic rings. The molecular formula is C5H8N2O. The van der Waals surface area contributed by atoms with Crippen LogP contribution in [0.4, 0.5) is 0 Å². The number of nitrogens with zero attached hydrogens (tertiary/aromatic N) is 1. The summed E-state index contributed by atoms with van der Waals surface area (Å²) in [6.07, 6.45) is 3.35. The first-order valence-corrected chi connectivity index (χ1v) is 2.48. The number of nitrogens with one attached hydrogen (secondary N) is 1. The molecule has 0 bridgehead atoms. The van der Waals surface area contributed by atoms with E-state index in [0.717, 1.165) is 6.54 Å². The number of carbonyl (C=O) groups excluding carboxylic acids is 1. The van der Waals surface area contributed by atoms with Crippen molar-refractivity contribution in [1.29, 1.82) is 0 Å². The average molecular weight is 112 g/mol. The predicted octanol–water partition coefficient (Wildman–Crippen LogP) is -0.481. The molecule has 0 spiro atoms. The van der Waals surface area contributed by atoms with Gasteiger partial charge in [0, 0.05) is 19.7 Å². The van der Waals surface area contributed by atoms with E-state index in [1.807, 2.05) is 0 Å². The van der Waals surface area contributed by atoms with Gasteiger partial charge in [-0.25, -0.2) is 5.43 Å². The Kier molecular flexibility index (Phi) is 1.30. The van der Waals surface area contributed by atoms with Crippen molar-refractivity contribution < 1.29 is 4.79 Å². The van der Waals surface area contributed by atoms with Crippen LogP contribution in [0.1, 0.15) is 0 Å². The van der Waals surface area contributed by atoms with Crippen molar-refractivity contribution in [3.8, 4) is 0 Å². The Morgan fingerprint density at radius 2 is 2.62 bits per heavy atom. The van der Waals surface area contributed by atoms with Gasteiger partial charge in [0.2, 0.25) is 0 Å². The molecule has 1 rings (SSSR count). The first-order valence-electron chi connectivity index (χ1n) is 2.48. The van der Waals surface area contributed by atoms with Crippen LogP contribution >= 0.6 is 0 Å². The van der Waals surface area contributed by atoms with Crippen LogP contribution in [0.5, 0.6) is 0 Å². The van der Waals surface area contributed by atoms with Crippen molar-refractivity contribution in [2.45, 2.75) is 0 Å². The smallest absolute Gasteiger partial charge is 0.260 e. The molecule has 0 saturated carbocycles. The number of rotatable bonds is 0. The maximum Gasteiger partial charge on any atom is 0.260 e. The fourth-order valence-corrected chi connectivity index (χ4v) is 0.539. The molecule has 0 radical (unpaired) electrons. The zero-order valence-corrected chi connectivity index (χ0v) is 4.72. The molecule has 3 nitrogen and oxygen atoms in total. The van der Waals surface area contributed by atoms with Crippen LogP contribution in [0.15, 0.2) is 12.2 Å². The summed E-state index contributed by atoms with van der Waals surface area (Å²) in [5, 5.41) is 1.46. The molecule has 8 heavy (non-hydrogen) atoms. The quantitative estimate of drug-likeness (QED) is 0.459. The molecule has 0 fully saturated rings. The lowest BCUT2D eigenvalue weighted by Gasteiger charge is -2.18. The van der Waals surface area contributed by atoms with Crippen molar-refractivity contribution in [2.75, 3.05) is 13.6 Å². The van der Waals surface area contributed by atoms with E-state index < -0.39 is 0 Å². The zero-order valence-electron chi connectivity index (χ0n) is 4.72. The molecule has 1 heterocycles. The van der Waals surface area contributed by atoms with Gasteiger partial charge >= 0.3 is 0 Å². The minimum atomic E-state index is 0.0104. The summed E-state index contributed by atoms with van der Waals surface area (Å²) in [6, 6.07) is 0. The lowest BCUT2D eigenvalue weighted by atomic mass is 10.4. The fourth-order valence-electron chi connectivity index (χ4n) is 0.539. The normalized spacial score (nSPS) is 19.6. The second kappa shape index (κ2) is 1.96. The van der Waals surface area contributed by atoms with Gasteiger partial charge in [0.1, 0.15) is 0 Å². The molecule has 1 amide bonds. The summed E-state index contributed by atoms with van der Waals surface area (Å²) < 4.78 is 0. The second-order valence-electron chi connectivity index (χ2n) is 1.66. The van der Waals surface area contributed by atoms with Gasteiger partial charge < -0.3 is 0 Å². The van der Waals surface area contributed by atoms with E-state index >= 15 is 0 Å². The Morgan fingerprint density at radius 1 is 1.88 bits per heavy atom. The third-order valence-corrected chi connectivity index (χ3v) is 1.04. The van der Waals surface area contributed by atoms with Crippen LogP contribution in [0, 0.1) is 0 Å². The monoisotopic (exact) mass is 112 g/mol. The van der Waals surface area contributed by atoms with Gasteiger partial charge in [-0.15, -0.1) is 0 Å². The molecule has 0 atom stereocenters. The van der Waals surface area contributed by atoms with Crippen molar-refractivity contribution in [2.24, 2.45) is 0 Å². The molecular weight excluding hydrogens is 104 g/mol. The first kappa shape index (κ1) is 5.31. The number of hydrogen-bond acceptors (Lipinski definition) is 2. The summed E-state index contributed by atoms with van der Waals surface area (Å²) >= 11 is 0. The molecule has 1 aliphatic heterocycles. The highest BCUT2D eigenvalue weighted by atomic mass is 16.2. The van der Waals surface area contributed by atoms with Crippen LogP contribution in [-0.4, -0.2) is 24.5 Å². The van der Waals surface area contributed by atoms with Crippen LogP contribution in [-0.2, 0) is 4.79 Å². The van der Waals surface area contributed by atoms with E-state index in [1.54, 1.807) is 19.2 Å². The highest BCUT2D eigenvalue weighted by Crippen LogP contribution is 1.86. The Balaban J connectivity index is 2.60. The molecule has 0 aliphatic carbocycles. The molecule has 1 N–H and O–H groups in total. The van der Waals surface area contributed by atoms with Gasteiger partial charge in [0.15, 0.2) is 0 Å². The van der Waals surface area contributed by atoms with Gasteiger partial charge in [0.05, 0.1) is 0 Å². The Morgan fingerprint density at radius 3 is 3.00 bits per heavy atom. The number of amides is 1. The third-order valence-electron chi connectivity index (χ3n) is 1.04. The van der Waals surface area contributed by atoms with Crippen molar-refractivity contribution in [3.05, 3.63) is 12.2 Å². The number of likely N-dealkylation sites (N-methyl/N-ethyl adjacent to an activating group) is 1. The molecule has 3 heteroatoms. The molecule has 0 aromatic heterocycles. The number of hydrazine groups is 1. The van der Waals surface area contributed by atoms with Crippen molar-refractivity contribution in [1.82, 2.24) is 10.4 Å². The second-order valence-corrected chi connectivity index (χ2v) is 1.66. The standard InChI is InChI=1S/C5H8N2O/c1-7-5(8)3-2-4-6-7/h2-3,6H,4H2,1H3. The molecule has 0 unspecified atom stereocenters. The van der Waals surface area contributed by atoms with E-state index in [1.165, 1.54) is 5.01 Å². The highest BCUT2D eigenvalue weighted by Gasteiger charge is 2.05. The number of hydrogen-bond donors (Lipinski definition) is 1. The van der Waals surface area contributed by atoms with Gasteiger partial charge in [-0.05, 0) is 0 Å². The molecule has 0 aromatic carbocycles.